The van der Waals surface area contributed by atoms with Gasteiger partial charge >= 0.3 is 5.63 Å². The van der Waals surface area contributed by atoms with Crippen molar-refractivity contribution in [3.05, 3.63) is 39.2 Å². The zero-order chi connectivity index (χ0) is 18.1. The van der Waals surface area contributed by atoms with Crippen LogP contribution in [0.4, 0.5) is 0 Å². The van der Waals surface area contributed by atoms with Crippen molar-refractivity contribution in [2.24, 2.45) is 0 Å². The molecule has 0 bridgehead atoms. The monoisotopic (exact) mass is 357 g/mol. The average molecular weight is 357 g/mol. The van der Waals surface area contributed by atoms with Gasteiger partial charge in [-0.2, -0.15) is 0 Å². The minimum absolute atomic E-state index is 0.0703. The standard InChI is InChI=1S/C20H23NO5/c1-12-8-16(25-11-18(22)21-10-13-4-3-7-24-13)19-14-5-2-6-15(14)20(23)26-17(19)9-12/h8-9,13H,2-7,10-11H2,1H3,(H,21,22). The van der Waals surface area contributed by atoms with E-state index in [1.807, 2.05) is 19.1 Å². The molecule has 1 aromatic carbocycles. The fourth-order valence-corrected chi connectivity index (χ4v) is 3.85. The fraction of sp³-hybridized carbons (Fsp3) is 0.500. The molecule has 1 N–H and O–H groups in total. The SMILES string of the molecule is Cc1cc(OCC(=O)NCC2CCCO2)c2c3c(c(=O)oc2c1)CCC3. The molecule has 138 valence electrons. The largest absolute Gasteiger partial charge is 0.483 e. The summed E-state index contributed by atoms with van der Waals surface area (Å²) in [6.45, 7) is 3.12. The maximum atomic E-state index is 12.1. The third-order valence-corrected chi connectivity index (χ3v) is 5.09. The maximum absolute atomic E-state index is 12.1. The first-order valence-electron chi connectivity index (χ1n) is 9.22. The summed E-state index contributed by atoms with van der Waals surface area (Å²) >= 11 is 0. The smallest absolute Gasteiger partial charge is 0.339 e. The van der Waals surface area contributed by atoms with Crippen molar-refractivity contribution in [2.75, 3.05) is 19.8 Å². The molecule has 1 amide bonds. The molecule has 1 aliphatic heterocycles. The van der Waals surface area contributed by atoms with Crippen LogP contribution in [0.1, 0.15) is 36.0 Å². The molecule has 4 rings (SSSR count). The molecule has 26 heavy (non-hydrogen) atoms. The van der Waals surface area contributed by atoms with E-state index in [2.05, 4.69) is 5.32 Å². The molecule has 1 unspecified atom stereocenters. The highest BCUT2D eigenvalue weighted by molar-refractivity contribution is 5.89. The molecule has 6 nitrogen and oxygen atoms in total. The van der Waals surface area contributed by atoms with Crippen LogP contribution < -0.4 is 15.7 Å². The van der Waals surface area contributed by atoms with Gasteiger partial charge in [0.15, 0.2) is 6.61 Å². The molecule has 2 heterocycles. The maximum Gasteiger partial charge on any atom is 0.339 e. The third kappa shape index (κ3) is 3.33. The number of ether oxygens (including phenoxy) is 2. The first-order valence-corrected chi connectivity index (χ1v) is 9.22. The highest BCUT2D eigenvalue weighted by Gasteiger charge is 2.23. The lowest BCUT2D eigenvalue weighted by Crippen LogP contribution is -2.35. The Kier molecular flexibility index (Phi) is 4.68. The molecule has 1 fully saturated rings. The third-order valence-electron chi connectivity index (χ3n) is 5.09. The number of rotatable bonds is 5. The second-order valence-corrected chi connectivity index (χ2v) is 7.06. The summed E-state index contributed by atoms with van der Waals surface area (Å²) in [7, 11) is 0. The lowest BCUT2D eigenvalue weighted by atomic mass is 10.0. The summed E-state index contributed by atoms with van der Waals surface area (Å²) in [5, 5.41) is 3.68. The van der Waals surface area contributed by atoms with Crippen molar-refractivity contribution in [1.29, 1.82) is 0 Å². The normalized spacial score (nSPS) is 18.9. The van der Waals surface area contributed by atoms with Crippen LogP contribution in [0.15, 0.2) is 21.3 Å². The molecule has 0 radical (unpaired) electrons. The van der Waals surface area contributed by atoms with E-state index < -0.39 is 0 Å². The minimum Gasteiger partial charge on any atom is -0.483 e. The van der Waals surface area contributed by atoms with Crippen LogP contribution in [-0.4, -0.2) is 31.8 Å². The highest BCUT2D eigenvalue weighted by atomic mass is 16.5. The Morgan fingerprint density at radius 2 is 2.12 bits per heavy atom. The number of fused-ring (bicyclic) bond motifs is 3. The Balaban J connectivity index is 1.53. The number of nitrogens with one attached hydrogen (secondary N) is 1. The first kappa shape index (κ1) is 17.1. The number of benzene rings is 1. The molecule has 1 atom stereocenters. The van der Waals surface area contributed by atoms with E-state index in [9.17, 15) is 9.59 Å². The summed E-state index contributed by atoms with van der Waals surface area (Å²) in [6.07, 6.45) is 4.65. The van der Waals surface area contributed by atoms with E-state index in [4.69, 9.17) is 13.9 Å². The van der Waals surface area contributed by atoms with Gasteiger partial charge in [0.2, 0.25) is 0 Å². The number of amides is 1. The van der Waals surface area contributed by atoms with Gasteiger partial charge in [-0.3, -0.25) is 4.79 Å². The van der Waals surface area contributed by atoms with E-state index in [0.717, 1.165) is 60.8 Å². The van der Waals surface area contributed by atoms with Gasteiger partial charge in [-0.15, -0.1) is 0 Å². The summed E-state index contributed by atoms with van der Waals surface area (Å²) < 4.78 is 16.8. The topological polar surface area (TPSA) is 77.8 Å². The molecule has 0 saturated carbocycles. The highest BCUT2D eigenvalue weighted by Crippen LogP contribution is 2.35. The molecule has 2 aliphatic rings. The van der Waals surface area contributed by atoms with Crippen LogP contribution in [0, 0.1) is 6.92 Å². The summed E-state index contributed by atoms with van der Waals surface area (Å²) in [5.74, 6) is 0.429. The van der Waals surface area contributed by atoms with Gasteiger partial charge in [0, 0.05) is 18.7 Å². The Labute approximate surface area is 151 Å². The van der Waals surface area contributed by atoms with Crippen molar-refractivity contribution in [3.8, 4) is 5.75 Å². The lowest BCUT2D eigenvalue weighted by molar-refractivity contribution is -0.123. The van der Waals surface area contributed by atoms with Crippen LogP contribution in [-0.2, 0) is 22.4 Å². The predicted octanol–water partition coefficient (Wildman–Crippen LogP) is 2.26. The Morgan fingerprint density at radius 1 is 1.27 bits per heavy atom. The number of carbonyl (C=O) groups is 1. The van der Waals surface area contributed by atoms with Crippen molar-refractivity contribution in [2.45, 2.75) is 45.1 Å². The van der Waals surface area contributed by atoms with Gasteiger partial charge in [-0.05, 0) is 62.3 Å². The second-order valence-electron chi connectivity index (χ2n) is 7.06. The van der Waals surface area contributed by atoms with E-state index >= 15 is 0 Å². The van der Waals surface area contributed by atoms with Crippen molar-refractivity contribution < 1.29 is 18.7 Å². The Morgan fingerprint density at radius 3 is 2.92 bits per heavy atom. The summed E-state index contributed by atoms with van der Waals surface area (Å²) in [5.41, 5.74) is 2.95. The van der Waals surface area contributed by atoms with Gasteiger partial charge in [-0.1, -0.05) is 0 Å². The van der Waals surface area contributed by atoms with Crippen molar-refractivity contribution in [3.63, 3.8) is 0 Å². The quantitative estimate of drug-likeness (QED) is 0.831. The fourth-order valence-electron chi connectivity index (χ4n) is 3.85. The van der Waals surface area contributed by atoms with Crippen LogP contribution >= 0.6 is 0 Å². The van der Waals surface area contributed by atoms with Gasteiger partial charge in [-0.25, -0.2) is 4.79 Å². The molecule has 1 aromatic heterocycles. The van der Waals surface area contributed by atoms with E-state index in [-0.39, 0.29) is 24.2 Å². The van der Waals surface area contributed by atoms with Crippen LogP contribution in [0.25, 0.3) is 11.0 Å². The first-order chi connectivity index (χ1) is 12.6. The molecule has 1 saturated heterocycles. The number of hydrogen-bond acceptors (Lipinski definition) is 5. The lowest BCUT2D eigenvalue weighted by Gasteiger charge is -2.14. The van der Waals surface area contributed by atoms with Crippen LogP contribution in [0.2, 0.25) is 0 Å². The number of carbonyl (C=O) groups excluding carboxylic acids is 1. The molecule has 0 spiro atoms. The van der Waals surface area contributed by atoms with Crippen molar-refractivity contribution >= 4 is 16.9 Å². The zero-order valence-electron chi connectivity index (χ0n) is 14.9. The van der Waals surface area contributed by atoms with Gasteiger partial charge in [0.05, 0.1) is 11.5 Å². The van der Waals surface area contributed by atoms with Gasteiger partial charge < -0.3 is 19.2 Å². The summed E-state index contributed by atoms with van der Waals surface area (Å²) in [6, 6.07) is 3.74. The van der Waals surface area contributed by atoms with Gasteiger partial charge in [0.25, 0.3) is 5.91 Å². The molecular weight excluding hydrogens is 334 g/mol. The zero-order valence-corrected chi connectivity index (χ0v) is 14.9. The van der Waals surface area contributed by atoms with Gasteiger partial charge in [0.1, 0.15) is 11.3 Å². The number of aryl methyl sites for hydroxylation is 2. The Bertz CT molecular complexity index is 895. The molecule has 1 aliphatic carbocycles. The van der Waals surface area contributed by atoms with E-state index in [0.29, 0.717) is 17.9 Å². The number of hydrogen-bond donors (Lipinski definition) is 1. The van der Waals surface area contributed by atoms with Crippen molar-refractivity contribution in [1.82, 2.24) is 5.32 Å². The minimum atomic E-state index is -0.254. The average Bonchev–Trinajstić information content (AvgIpc) is 3.29. The Hall–Kier alpha value is -2.34. The van der Waals surface area contributed by atoms with E-state index in [1.54, 1.807) is 0 Å². The van der Waals surface area contributed by atoms with E-state index in [1.165, 1.54) is 0 Å². The van der Waals surface area contributed by atoms with Crippen LogP contribution in [0.5, 0.6) is 5.75 Å². The molecule has 6 heteroatoms. The van der Waals surface area contributed by atoms with Crippen LogP contribution in [0.3, 0.4) is 0 Å². The second kappa shape index (κ2) is 7.11. The summed E-state index contributed by atoms with van der Waals surface area (Å²) in [4.78, 5) is 24.3. The predicted molar refractivity (Wildman–Crippen MR) is 96.7 cm³/mol. The molecular formula is C20H23NO5. The molecule has 2 aromatic rings.